The van der Waals surface area contributed by atoms with Crippen molar-refractivity contribution >= 4 is 11.9 Å². The van der Waals surface area contributed by atoms with Gasteiger partial charge in [-0.2, -0.15) is 0 Å². The Morgan fingerprint density at radius 2 is 1.83 bits per heavy atom. The van der Waals surface area contributed by atoms with Gasteiger partial charge in [-0.1, -0.05) is 30.3 Å². The summed E-state index contributed by atoms with van der Waals surface area (Å²) in [6, 6.07) is 14.1. The van der Waals surface area contributed by atoms with Gasteiger partial charge < -0.3 is 15.0 Å². The summed E-state index contributed by atoms with van der Waals surface area (Å²) in [6.45, 7) is 0.477. The minimum atomic E-state index is -0.828. The number of carboxylic acids is 1. The fourth-order valence-corrected chi connectivity index (χ4v) is 2.40. The maximum atomic E-state index is 12.0. The molecule has 1 amide bonds. The number of carbonyl (C=O) groups is 2. The summed E-state index contributed by atoms with van der Waals surface area (Å²) in [5, 5.41) is 8.61. The molecular weight excluding hydrogens is 292 g/mol. The summed E-state index contributed by atoms with van der Waals surface area (Å²) in [4.78, 5) is 27.4. The van der Waals surface area contributed by atoms with E-state index in [0.717, 1.165) is 17.0 Å². The fourth-order valence-electron chi connectivity index (χ4n) is 2.40. The standard InChI is InChI=1S/C18H22N2O3/c1-20(13-5-8-18(22)23)17(21)12-10-15-9-11-16(19-15)14-6-3-2-4-7-14/h2-4,6-7,9,11,19H,5,8,10,12-13H2,1H3,(H,22,23). The van der Waals surface area contributed by atoms with Gasteiger partial charge in [-0.3, -0.25) is 9.59 Å². The van der Waals surface area contributed by atoms with Crippen molar-refractivity contribution in [3.63, 3.8) is 0 Å². The maximum absolute atomic E-state index is 12.0. The lowest BCUT2D eigenvalue weighted by Crippen LogP contribution is -2.28. The fraction of sp³-hybridized carbons (Fsp3) is 0.333. The Morgan fingerprint density at radius 1 is 1.09 bits per heavy atom. The van der Waals surface area contributed by atoms with E-state index in [-0.39, 0.29) is 12.3 Å². The van der Waals surface area contributed by atoms with Crippen LogP contribution >= 0.6 is 0 Å². The lowest BCUT2D eigenvalue weighted by Gasteiger charge is -2.16. The number of hydrogen-bond acceptors (Lipinski definition) is 2. The van der Waals surface area contributed by atoms with Crippen LogP contribution in [-0.2, 0) is 16.0 Å². The highest BCUT2D eigenvalue weighted by molar-refractivity contribution is 5.76. The number of amides is 1. The third-order valence-electron chi connectivity index (χ3n) is 3.75. The molecule has 0 spiro atoms. The second-order valence-electron chi connectivity index (χ2n) is 5.58. The normalized spacial score (nSPS) is 10.5. The number of aliphatic carboxylic acids is 1. The minimum Gasteiger partial charge on any atom is -0.481 e. The third-order valence-corrected chi connectivity index (χ3v) is 3.75. The highest BCUT2D eigenvalue weighted by atomic mass is 16.4. The van der Waals surface area contributed by atoms with Crippen LogP contribution in [0.2, 0.25) is 0 Å². The first kappa shape index (κ1) is 16.8. The van der Waals surface area contributed by atoms with Crippen molar-refractivity contribution in [3.8, 4) is 11.3 Å². The number of aromatic nitrogens is 1. The molecule has 23 heavy (non-hydrogen) atoms. The van der Waals surface area contributed by atoms with Gasteiger partial charge in [-0.05, 0) is 30.5 Å². The molecule has 2 N–H and O–H groups in total. The summed E-state index contributed by atoms with van der Waals surface area (Å²) in [6.07, 6.45) is 1.64. The van der Waals surface area contributed by atoms with Crippen molar-refractivity contribution < 1.29 is 14.7 Å². The van der Waals surface area contributed by atoms with Gasteiger partial charge in [0.25, 0.3) is 0 Å². The molecule has 1 heterocycles. The van der Waals surface area contributed by atoms with Crippen LogP contribution in [0.25, 0.3) is 11.3 Å². The molecule has 2 aromatic rings. The van der Waals surface area contributed by atoms with Crippen LogP contribution in [0.5, 0.6) is 0 Å². The number of rotatable bonds is 8. The number of carboxylic acid groups (broad SMARTS) is 1. The summed E-state index contributed by atoms with van der Waals surface area (Å²) in [7, 11) is 1.72. The van der Waals surface area contributed by atoms with Crippen LogP contribution in [0.15, 0.2) is 42.5 Å². The van der Waals surface area contributed by atoms with Gasteiger partial charge in [-0.25, -0.2) is 0 Å². The van der Waals surface area contributed by atoms with Crippen molar-refractivity contribution in [2.75, 3.05) is 13.6 Å². The Balaban J connectivity index is 1.80. The van der Waals surface area contributed by atoms with Gasteiger partial charge in [0.1, 0.15) is 0 Å². The predicted octanol–water partition coefficient (Wildman–Crippen LogP) is 2.94. The zero-order valence-electron chi connectivity index (χ0n) is 13.3. The molecule has 0 unspecified atom stereocenters. The van der Waals surface area contributed by atoms with Crippen molar-refractivity contribution in [2.24, 2.45) is 0 Å². The molecule has 0 saturated heterocycles. The van der Waals surface area contributed by atoms with E-state index in [4.69, 9.17) is 5.11 Å². The second kappa shape index (κ2) is 8.17. The van der Waals surface area contributed by atoms with Gasteiger partial charge in [0.2, 0.25) is 5.91 Å². The smallest absolute Gasteiger partial charge is 0.303 e. The zero-order chi connectivity index (χ0) is 16.7. The predicted molar refractivity (Wildman–Crippen MR) is 89.1 cm³/mol. The zero-order valence-corrected chi connectivity index (χ0v) is 13.3. The SMILES string of the molecule is CN(CCCC(=O)O)C(=O)CCc1ccc(-c2ccccc2)[nH]1. The van der Waals surface area contributed by atoms with Gasteiger partial charge in [0.05, 0.1) is 0 Å². The Labute approximate surface area is 135 Å². The lowest BCUT2D eigenvalue weighted by molar-refractivity contribution is -0.138. The van der Waals surface area contributed by atoms with E-state index in [0.29, 0.717) is 25.8 Å². The van der Waals surface area contributed by atoms with Gasteiger partial charge >= 0.3 is 5.97 Å². The largest absolute Gasteiger partial charge is 0.481 e. The first-order chi connectivity index (χ1) is 11.1. The molecule has 0 fully saturated rings. The second-order valence-corrected chi connectivity index (χ2v) is 5.58. The molecule has 0 aliphatic carbocycles. The number of aryl methyl sites for hydroxylation is 1. The molecule has 5 heteroatoms. The van der Waals surface area contributed by atoms with E-state index >= 15 is 0 Å². The van der Waals surface area contributed by atoms with Gasteiger partial charge in [0.15, 0.2) is 0 Å². The number of nitrogens with one attached hydrogen (secondary N) is 1. The van der Waals surface area contributed by atoms with E-state index in [1.54, 1.807) is 11.9 Å². The van der Waals surface area contributed by atoms with Crippen LogP contribution < -0.4 is 0 Å². The molecule has 5 nitrogen and oxygen atoms in total. The van der Waals surface area contributed by atoms with Crippen LogP contribution in [0, 0.1) is 0 Å². The minimum absolute atomic E-state index is 0.0336. The average molecular weight is 314 g/mol. The van der Waals surface area contributed by atoms with Crippen LogP contribution in [-0.4, -0.2) is 40.5 Å². The molecule has 0 bridgehead atoms. The first-order valence-corrected chi connectivity index (χ1v) is 7.75. The van der Waals surface area contributed by atoms with Gasteiger partial charge in [0, 0.05) is 37.8 Å². The number of carbonyl (C=O) groups excluding carboxylic acids is 1. The molecule has 0 saturated carbocycles. The third kappa shape index (κ3) is 5.29. The number of aromatic amines is 1. The monoisotopic (exact) mass is 314 g/mol. The van der Waals surface area contributed by atoms with Crippen LogP contribution in [0.3, 0.4) is 0 Å². The molecule has 0 atom stereocenters. The van der Waals surface area contributed by atoms with E-state index in [2.05, 4.69) is 4.98 Å². The highest BCUT2D eigenvalue weighted by Gasteiger charge is 2.10. The molecular formula is C18H22N2O3. The van der Waals surface area contributed by atoms with Crippen LogP contribution in [0.1, 0.15) is 25.0 Å². The van der Waals surface area contributed by atoms with Crippen molar-refractivity contribution in [2.45, 2.75) is 25.7 Å². The van der Waals surface area contributed by atoms with E-state index in [1.165, 1.54) is 0 Å². The van der Waals surface area contributed by atoms with Gasteiger partial charge in [-0.15, -0.1) is 0 Å². The summed E-state index contributed by atoms with van der Waals surface area (Å²) in [5.74, 6) is -0.795. The summed E-state index contributed by atoms with van der Waals surface area (Å²) < 4.78 is 0. The lowest BCUT2D eigenvalue weighted by atomic mass is 10.2. The van der Waals surface area contributed by atoms with Crippen molar-refractivity contribution in [3.05, 3.63) is 48.2 Å². The molecule has 0 aliphatic rings. The Hall–Kier alpha value is -2.56. The molecule has 0 aliphatic heterocycles. The number of H-pyrrole nitrogens is 1. The highest BCUT2D eigenvalue weighted by Crippen LogP contribution is 2.18. The molecule has 1 aromatic heterocycles. The number of hydrogen-bond donors (Lipinski definition) is 2. The van der Waals surface area contributed by atoms with Crippen molar-refractivity contribution in [1.82, 2.24) is 9.88 Å². The van der Waals surface area contributed by atoms with Crippen molar-refractivity contribution in [1.29, 1.82) is 0 Å². The van der Waals surface area contributed by atoms with E-state index in [1.807, 2.05) is 42.5 Å². The summed E-state index contributed by atoms with van der Waals surface area (Å²) in [5.41, 5.74) is 3.19. The topological polar surface area (TPSA) is 73.4 Å². The Morgan fingerprint density at radius 3 is 2.52 bits per heavy atom. The van der Waals surface area contributed by atoms with Crippen LogP contribution in [0.4, 0.5) is 0 Å². The molecule has 122 valence electrons. The summed E-state index contributed by atoms with van der Waals surface area (Å²) >= 11 is 0. The van der Waals surface area contributed by atoms with E-state index in [9.17, 15) is 9.59 Å². The Kier molecular flexibility index (Phi) is 5.97. The maximum Gasteiger partial charge on any atom is 0.303 e. The average Bonchev–Trinajstić information content (AvgIpc) is 3.02. The molecule has 0 radical (unpaired) electrons. The first-order valence-electron chi connectivity index (χ1n) is 7.75. The molecule has 1 aromatic carbocycles. The quantitative estimate of drug-likeness (QED) is 0.787. The molecule has 2 rings (SSSR count). The van der Waals surface area contributed by atoms with E-state index < -0.39 is 5.97 Å². The Bertz CT molecular complexity index is 649. The number of nitrogens with zero attached hydrogens (tertiary/aromatic N) is 1. The number of benzene rings is 1.